The number of hydrogen-bond donors (Lipinski definition) is 1. The average molecular weight is 271 g/mol. The largest absolute Gasteiger partial charge is 0.380 e. The Balaban J connectivity index is 1.91. The van der Waals surface area contributed by atoms with Crippen molar-refractivity contribution in [2.45, 2.75) is 24.7 Å². The third-order valence-corrected chi connectivity index (χ3v) is 3.44. The van der Waals surface area contributed by atoms with E-state index in [1.807, 2.05) is 12.1 Å². The van der Waals surface area contributed by atoms with Crippen molar-refractivity contribution in [2.75, 3.05) is 32.1 Å². The van der Waals surface area contributed by atoms with E-state index in [1.165, 1.54) is 18.6 Å². The smallest absolute Gasteiger partial charge is 0.123 e. The SMILES string of the molecule is CCCCOCCNCCSc1ccc(F)cc1. The number of thioether (sulfide) groups is 1. The first-order valence-corrected chi connectivity index (χ1v) is 7.48. The lowest BCUT2D eigenvalue weighted by Crippen LogP contribution is -2.22. The molecule has 0 bridgehead atoms. The van der Waals surface area contributed by atoms with Crippen molar-refractivity contribution in [3.05, 3.63) is 30.1 Å². The van der Waals surface area contributed by atoms with Crippen molar-refractivity contribution in [3.63, 3.8) is 0 Å². The van der Waals surface area contributed by atoms with Crippen molar-refractivity contribution in [1.29, 1.82) is 0 Å². The molecule has 0 fully saturated rings. The Morgan fingerprint density at radius 2 is 1.94 bits per heavy atom. The van der Waals surface area contributed by atoms with Crippen LogP contribution in [0.25, 0.3) is 0 Å². The monoisotopic (exact) mass is 271 g/mol. The minimum Gasteiger partial charge on any atom is -0.380 e. The lowest BCUT2D eigenvalue weighted by molar-refractivity contribution is 0.133. The van der Waals surface area contributed by atoms with Gasteiger partial charge in [-0.1, -0.05) is 13.3 Å². The second-order valence-electron chi connectivity index (χ2n) is 4.02. The number of benzene rings is 1. The predicted octanol–water partition coefficient (Wildman–Crippen LogP) is 3.32. The summed E-state index contributed by atoms with van der Waals surface area (Å²) in [5.41, 5.74) is 0. The lowest BCUT2D eigenvalue weighted by atomic mass is 10.4. The van der Waals surface area contributed by atoms with Gasteiger partial charge in [0.2, 0.25) is 0 Å². The van der Waals surface area contributed by atoms with Gasteiger partial charge in [0.1, 0.15) is 5.82 Å². The summed E-state index contributed by atoms with van der Waals surface area (Å²) in [4.78, 5) is 1.11. The van der Waals surface area contributed by atoms with Gasteiger partial charge in [0.25, 0.3) is 0 Å². The Labute approximate surface area is 113 Å². The van der Waals surface area contributed by atoms with Crippen molar-refractivity contribution in [1.82, 2.24) is 5.32 Å². The number of hydrogen-bond acceptors (Lipinski definition) is 3. The van der Waals surface area contributed by atoms with Gasteiger partial charge in [-0.3, -0.25) is 0 Å². The summed E-state index contributed by atoms with van der Waals surface area (Å²) >= 11 is 1.73. The van der Waals surface area contributed by atoms with Gasteiger partial charge < -0.3 is 10.1 Å². The number of rotatable bonds is 10. The van der Waals surface area contributed by atoms with E-state index in [2.05, 4.69) is 12.2 Å². The molecule has 0 heterocycles. The quantitative estimate of drug-likeness (QED) is 0.521. The van der Waals surface area contributed by atoms with Crippen LogP contribution >= 0.6 is 11.8 Å². The van der Waals surface area contributed by atoms with Gasteiger partial charge in [0.15, 0.2) is 0 Å². The highest BCUT2D eigenvalue weighted by Crippen LogP contribution is 2.16. The Hall–Kier alpha value is -0.580. The highest BCUT2D eigenvalue weighted by Gasteiger charge is 1.95. The summed E-state index contributed by atoms with van der Waals surface area (Å²) in [6.45, 7) is 5.64. The van der Waals surface area contributed by atoms with Crippen LogP contribution in [-0.4, -0.2) is 32.1 Å². The minimum absolute atomic E-state index is 0.179. The lowest BCUT2D eigenvalue weighted by Gasteiger charge is -2.05. The van der Waals surface area contributed by atoms with Crippen molar-refractivity contribution in [3.8, 4) is 0 Å². The fraction of sp³-hybridized carbons (Fsp3) is 0.571. The third-order valence-electron chi connectivity index (χ3n) is 2.43. The molecule has 2 nitrogen and oxygen atoms in total. The highest BCUT2D eigenvalue weighted by atomic mass is 32.2. The molecule has 0 saturated carbocycles. The van der Waals surface area contributed by atoms with E-state index in [1.54, 1.807) is 11.8 Å². The van der Waals surface area contributed by atoms with Crippen LogP contribution in [0.4, 0.5) is 4.39 Å². The van der Waals surface area contributed by atoms with E-state index in [4.69, 9.17) is 4.74 Å². The molecule has 0 atom stereocenters. The molecule has 0 unspecified atom stereocenters. The van der Waals surface area contributed by atoms with Gasteiger partial charge >= 0.3 is 0 Å². The number of halogens is 1. The number of unbranched alkanes of at least 4 members (excludes halogenated alkanes) is 1. The molecule has 18 heavy (non-hydrogen) atoms. The van der Waals surface area contributed by atoms with Crippen molar-refractivity contribution >= 4 is 11.8 Å². The zero-order chi connectivity index (χ0) is 13.1. The molecule has 1 N–H and O–H groups in total. The molecule has 1 rings (SSSR count). The van der Waals surface area contributed by atoms with Crippen LogP contribution in [0.2, 0.25) is 0 Å². The Morgan fingerprint density at radius 1 is 1.17 bits per heavy atom. The van der Waals surface area contributed by atoms with E-state index >= 15 is 0 Å². The molecular formula is C14H22FNOS. The second kappa shape index (κ2) is 10.4. The first kappa shape index (κ1) is 15.5. The molecule has 102 valence electrons. The third kappa shape index (κ3) is 7.69. The van der Waals surface area contributed by atoms with Crippen LogP contribution in [0.3, 0.4) is 0 Å². The van der Waals surface area contributed by atoms with E-state index in [0.717, 1.165) is 43.4 Å². The molecule has 0 aliphatic rings. The first-order valence-electron chi connectivity index (χ1n) is 6.49. The normalized spacial score (nSPS) is 10.8. The minimum atomic E-state index is -0.179. The molecule has 0 radical (unpaired) electrons. The topological polar surface area (TPSA) is 21.3 Å². The Kier molecular flexibility index (Phi) is 8.90. The summed E-state index contributed by atoms with van der Waals surface area (Å²) in [7, 11) is 0. The van der Waals surface area contributed by atoms with Crippen LogP contribution in [0.15, 0.2) is 29.2 Å². The van der Waals surface area contributed by atoms with E-state index in [-0.39, 0.29) is 5.82 Å². The van der Waals surface area contributed by atoms with Crippen LogP contribution in [-0.2, 0) is 4.74 Å². The van der Waals surface area contributed by atoms with Gasteiger partial charge in [-0.15, -0.1) is 11.8 Å². The molecule has 1 aromatic carbocycles. The van der Waals surface area contributed by atoms with Crippen molar-refractivity contribution in [2.24, 2.45) is 0 Å². The molecule has 0 amide bonds. The molecule has 0 spiro atoms. The number of ether oxygens (including phenoxy) is 1. The van der Waals surface area contributed by atoms with Crippen molar-refractivity contribution < 1.29 is 9.13 Å². The van der Waals surface area contributed by atoms with Gasteiger partial charge in [-0.2, -0.15) is 0 Å². The van der Waals surface area contributed by atoms with E-state index < -0.39 is 0 Å². The average Bonchev–Trinajstić information content (AvgIpc) is 2.39. The summed E-state index contributed by atoms with van der Waals surface area (Å²) < 4.78 is 18.1. The summed E-state index contributed by atoms with van der Waals surface area (Å²) in [6.07, 6.45) is 2.32. The Morgan fingerprint density at radius 3 is 2.67 bits per heavy atom. The first-order chi connectivity index (χ1) is 8.83. The standard InChI is InChI=1S/C14H22FNOS/c1-2-3-10-17-11-8-16-9-12-18-14-6-4-13(15)5-7-14/h4-7,16H,2-3,8-12H2,1H3. The van der Waals surface area contributed by atoms with Crippen LogP contribution in [0.5, 0.6) is 0 Å². The predicted molar refractivity (Wildman–Crippen MR) is 75.7 cm³/mol. The van der Waals surface area contributed by atoms with Gasteiger partial charge in [0.05, 0.1) is 6.61 Å². The zero-order valence-electron chi connectivity index (χ0n) is 11.0. The summed E-state index contributed by atoms with van der Waals surface area (Å²) in [5, 5.41) is 3.32. The maximum Gasteiger partial charge on any atom is 0.123 e. The van der Waals surface area contributed by atoms with Crippen LogP contribution < -0.4 is 5.32 Å². The molecule has 0 aliphatic carbocycles. The zero-order valence-corrected chi connectivity index (χ0v) is 11.8. The fourth-order valence-corrected chi connectivity index (χ4v) is 2.20. The molecule has 0 aliphatic heterocycles. The molecule has 0 aromatic heterocycles. The molecule has 4 heteroatoms. The number of nitrogens with one attached hydrogen (secondary N) is 1. The fourth-order valence-electron chi connectivity index (χ4n) is 1.39. The highest BCUT2D eigenvalue weighted by molar-refractivity contribution is 7.99. The molecule has 1 aromatic rings. The maximum atomic E-state index is 12.7. The van der Waals surface area contributed by atoms with Gasteiger partial charge in [-0.05, 0) is 30.7 Å². The maximum absolute atomic E-state index is 12.7. The van der Waals surface area contributed by atoms with Crippen LogP contribution in [0, 0.1) is 5.82 Å². The molecule has 0 saturated heterocycles. The summed E-state index contributed by atoms with van der Waals surface area (Å²) in [6, 6.07) is 6.62. The van der Waals surface area contributed by atoms with E-state index in [9.17, 15) is 4.39 Å². The Bertz CT molecular complexity index is 305. The van der Waals surface area contributed by atoms with E-state index in [0.29, 0.717) is 0 Å². The second-order valence-corrected chi connectivity index (χ2v) is 5.19. The molecular weight excluding hydrogens is 249 g/mol. The van der Waals surface area contributed by atoms with Gasteiger partial charge in [0, 0.05) is 30.3 Å². The summed E-state index contributed by atoms with van der Waals surface area (Å²) in [5.74, 6) is 0.808. The van der Waals surface area contributed by atoms with Gasteiger partial charge in [-0.25, -0.2) is 4.39 Å². The van der Waals surface area contributed by atoms with Crippen LogP contribution in [0.1, 0.15) is 19.8 Å².